The highest BCUT2D eigenvalue weighted by Gasteiger charge is 2.54. The van der Waals surface area contributed by atoms with Gasteiger partial charge in [0.2, 0.25) is 5.91 Å². The first-order valence-corrected chi connectivity index (χ1v) is 14.3. The highest BCUT2D eigenvalue weighted by molar-refractivity contribution is 7.92. The summed E-state index contributed by atoms with van der Waals surface area (Å²) >= 11 is 0. The van der Waals surface area contributed by atoms with Gasteiger partial charge in [-0.15, -0.1) is 5.10 Å². The number of hydrogen-bond donors (Lipinski definition) is 4. The molecule has 4 N–H and O–H groups in total. The van der Waals surface area contributed by atoms with E-state index < -0.39 is 33.4 Å². The average Bonchev–Trinajstić information content (AvgIpc) is 3.24. The lowest BCUT2D eigenvalue weighted by molar-refractivity contribution is -0.127. The number of carbonyl (C=O) groups excluding carboxylic acids is 3. The van der Waals surface area contributed by atoms with Gasteiger partial charge in [0.1, 0.15) is 0 Å². The van der Waals surface area contributed by atoms with Gasteiger partial charge in [-0.25, -0.2) is 8.42 Å². The molecule has 1 aliphatic heterocycles. The van der Waals surface area contributed by atoms with Crippen LogP contribution in [0.2, 0.25) is 0 Å². The fraction of sp³-hybridized carbons (Fsp3) is 0.0667. The summed E-state index contributed by atoms with van der Waals surface area (Å²) in [6, 6.07) is 30.9. The van der Waals surface area contributed by atoms with Crippen molar-refractivity contribution in [3.05, 3.63) is 121 Å². The summed E-state index contributed by atoms with van der Waals surface area (Å²) in [5.74, 6) is -2.09. The van der Waals surface area contributed by atoms with Gasteiger partial charge in [-0.1, -0.05) is 60.7 Å². The van der Waals surface area contributed by atoms with Crippen LogP contribution in [0.15, 0.2) is 125 Å². The molecular weight excluding hydrogens is 556 g/mol. The molecule has 42 heavy (non-hydrogen) atoms. The first-order chi connectivity index (χ1) is 20.2. The summed E-state index contributed by atoms with van der Waals surface area (Å²) in [7, 11) is -3.90. The summed E-state index contributed by atoms with van der Waals surface area (Å²) in [5, 5.41) is 13.8. The zero-order valence-electron chi connectivity index (χ0n) is 22.3. The van der Waals surface area contributed by atoms with E-state index in [0.29, 0.717) is 11.4 Å². The molecule has 0 aliphatic carbocycles. The van der Waals surface area contributed by atoms with Gasteiger partial charge in [-0.05, 0) is 54.6 Å². The summed E-state index contributed by atoms with van der Waals surface area (Å²) in [4.78, 5) is 40.0. The van der Waals surface area contributed by atoms with Crippen LogP contribution in [-0.4, -0.2) is 37.6 Å². The molecule has 1 aliphatic rings. The monoisotopic (exact) mass is 582 g/mol. The SMILES string of the molecule is CC(=O)NC1(Nc2ccccc2)C(=O)N(c2ccccc2)N=C1NC(=O)c1cccc(NS(=O)(=O)c2ccccc2)c1. The Labute approximate surface area is 242 Å². The zero-order valence-corrected chi connectivity index (χ0v) is 23.1. The van der Waals surface area contributed by atoms with Crippen LogP contribution >= 0.6 is 0 Å². The number of sulfonamides is 1. The van der Waals surface area contributed by atoms with E-state index >= 15 is 0 Å². The Hall–Kier alpha value is -5.49. The molecule has 0 saturated heterocycles. The van der Waals surface area contributed by atoms with Crippen molar-refractivity contribution in [2.24, 2.45) is 5.10 Å². The Morgan fingerprint density at radius 3 is 2.02 bits per heavy atom. The molecule has 1 heterocycles. The number of para-hydroxylation sites is 2. The number of amides is 3. The number of hydrogen-bond acceptors (Lipinski definition) is 7. The summed E-state index contributed by atoms with van der Waals surface area (Å²) in [6.45, 7) is 1.24. The second-order valence-corrected chi connectivity index (χ2v) is 11.0. The normalized spacial score (nSPS) is 16.4. The Morgan fingerprint density at radius 1 is 0.786 bits per heavy atom. The Bertz CT molecular complexity index is 1770. The Balaban J connectivity index is 1.49. The quantitative estimate of drug-likeness (QED) is 0.234. The molecular formula is C30H26N6O5S. The lowest BCUT2D eigenvalue weighted by atomic mass is 10.1. The van der Waals surface area contributed by atoms with E-state index in [1.54, 1.807) is 78.9 Å². The molecule has 212 valence electrons. The van der Waals surface area contributed by atoms with Crippen molar-refractivity contribution in [2.75, 3.05) is 15.0 Å². The molecule has 3 amide bonds. The molecule has 4 aromatic carbocycles. The molecule has 5 rings (SSSR count). The van der Waals surface area contributed by atoms with Crippen LogP contribution in [0.1, 0.15) is 17.3 Å². The molecule has 1 unspecified atom stereocenters. The highest BCUT2D eigenvalue weighted by Crippen LogP contribution is 2.28. The van der Waals surface area contributed by atoms with Crippen molar-refractivity contribution in [1.82, 2.24) is 10.6 Å². The molecule has 0 saturated carbocycles. The van der Waals surface area contributed by atoms with Gasteiger partial charge in [0.05, 0.1) is 10.6 Å². The number of nitrogens with zero attached hydrogens (tertiary/aromatic N) is 2. The van der Waals surface area contributed by atoms with E-state index in [2.05, 4.69) is 25.8 Å². The van der Waals surface area contributed by atoms with Crippen molar-refractivity contribution in [1.29, 1.82) is 0 Å². The molecule has 0 aromatic heterocycles. The maximum absolute atomic E-state index is 13.9. The van der Waals surface area contributed by atoms with Crippen LogP contribution in [0, 0.1) is 0 Å². The Morgan fingerprint density at radius 2 is 1.38 bits per heavy atom. The van der Waals surface area contributed by atoms with E-state index in [4.69, 9.17) is 0 Å². The molecule has 0 spiro atoms. The number of hydrazone groups is 1. The van der Waals surface area contributed by atoms with E-state index in [-0.39, 0.29) is 22.0 Å². The topological polar surface area (TPSA) is 149 Å². The summed E-state index contributed by atoms with van der Waals surface area (Å²) < 4.78 is 28.1. The van der Waals surface area contributed by atoms with Crippen LogP contribution in [0.5, 0.6) is 0 Å². The van der Waals surface area contributed by atoms with E-state index in [1.165, 1.54) is 43.3 Å². The highest BCUT2D eigenvalue weighted by atomic mass is 32.2. The van der Waals surface area contributed by atoms with Crippen LogP contribution in [-0.2, 0) is 19.6 Å². The minimum absolute atomic E-state index is 0.0618. The second-order valence-electron chi connectivity index (χ2n) is 9.28. The Kier molecular flexibility index (Phi) is 7.71. The number of nitrogens with one attached hydrogen (secondary N) is 4. The van der Waals surface area contributed by atoms with Crippen molar-refractivity contribution in [3.8, 4) is 0 Å². The second kappa shape index (κ2) is 11.6. The lowest BCUT2D eigenvalue weighted by Gasteiger charge is -2.31. The molecule has 0 bridgehead atoms. The van der Waals surface area contributed by atoms with Crippen molar-refractivity contribution < 1.29 is 22.8 Å². The van der Waals surface area contributed by atoms with E-state index in [9.17, 15) is 22.8 Å². The number of anilines is 3. The molecule has 4 aromatic rings. The molecule has 0 radical (unpaired) electrons. The van der Waals surface area contributed by atoms with Gasteiger partial charge in [-0.2, -0.15) is 5.01 Å². The largest absolute Gasteiger partial charge is 0.348 e. The number of rotatable bonds is 8. The fourth-order valence-electron chi connectivity index (χ4n) is 4.32. The van der Waals surface area contributed by atoms with Crippen LogP contribution in [0.4, 0.5) is 17.1 Å². The molecule has 12 heteroatoms. The first-order valence-electron chi connectivity index (χ1n) is 12.8. The zero-order chi connectivity index (χ0) is 29.7. The van der Waals surface area contributed by atoms with Crippen LogP contribution in [0.3, 0.4) is 0 Å². The number of benzene rings is 4. The minimum atomic E-state index is -3.90. The lowest BCUT2D eigenvalue weighted by Crippen LogP contribution is -2.67. The predicted octanol–water partition coefficient (Wildman–Crippen LogP) is 3.52. The van der Waals surface area contributed by atoms with Gasteiger partial charge in [0.25, 0.3) is 21.6 Å². The standard InChI is InChI=1S/C30H26N6O5S/c1-21(37)32-30(33-23-13-5-2-6-14-23)28(34-36(29(30)39)25-16-7-3-8-17-25)31-27(38)22-12-11-15-24(20-22)35-42(40,41)26-18-9-4-10-19-26/h2-20,33,35H,1H3,(H,32,37)(H,31,34,38). The first kappa shape index (κ1) is 28.1. The maximum Gasteiger partial charge on any atom is 0.302 e. The van der Waals surface area contributed by atoms with Gasteiger partial charge in [-0.3, -0.25) is 19.1 Å². The molecule has 1 atom stereocenters. The van der Waals surface area contributed by atoms with E-state index in [1.807, 2.05) is 0 Å². The van der Waals surface area contributed by atoms with Crippen LogP contribution < -0.4 is 25.7 Å². The predicted molar refractivity (Wildman–Crippen MR) is 159 cm³/mol. The average molecular weight is 583 g/mol. The summed E-state index contributed by atoms with van der Waals surface area (Å²) in [5.41, 5.74) is -0.849. The van der Waals surface area contributed by atoms with Crippen molar-refractivity contribution in [3.63, 3.8) is 0 Å². The third-order valence-electron chi connectivity index (χ3n) is 6.20. The smallest absolute Gasteiger partial charge is 0.302 e. The van der Waals surface area contributed by atoms with E-state index in [0.717, 1.165) is 5.01 Å². The molecule has 11 nitrogen and oxygen atoms in total. The van der Waals surface area contributed by atoms with Gasteiger partial charge >= 0.3 is 5.91 Å². The minimum Gasteiger partial charge on any atom is -0.348 e. The third-order valence-corrected chi connectivity index (χ3v) is 7.60. The van der Waals surface area contributed by atoms with Gasteiger partial charge in [0, 0.05) is 23.9 Å². The number of amidine groups is 1. The fourth-order valence-corrected chi connectivity index (χ4v) is 5.39. The number of carbonyl (C=O) groups is 3. The van der Waals surface area contributed by atoms with Gasteiger partial charge < -0.3 is 16.0 Å². The van der Waals surface area contributed by atoms with Crippen LogP contribution in [0.25, 0.3) is 0 Å². The van der Waals surface area contributed by atoms with Gasteiger partial charge in [0.15, 0.2) is 5.84 Å². The van der Waals surface area contributed by atoms with Crippen molar-refractivity contribution in [2.45, 2.75) is 17.5 Å². The third kappa shape index (κ3) is 5.83. The summed E-state index contributed by atoms with van der Waals surface area (Å²) in [6.07, 6.45) is 0. The molecule has 0 fully saturated rings. The van der Waals surface area contributed by atoms with Crippen molar-refractivity contribution >= 4 is 50.6 Å². The maximum atomic E-state index is 13.9.